The number of hydrogen-bond donors (Lipinski definition) is 3. The molecule has 0 aliphatic carbocycles. The van der Waals surface area contributed by atoms with Gasteiger partial charge in [0.2, 0.25) is 0 Å². The molecule has 21 heavy (non-hydrogen) atoms. The molecule has 1 unspecified atom stereocenters. The summed E-state index contributed by atoms with van der Waals surface area (Å²) in [5.41, 5.74) is 0.159. The minimum Gasteiger partial charge on any atom is -0.387 e. The molecular weight excluding hydrogens is 284 g/mol. The van der Waals surface area contributed by atoms with Gasteiger partial charge in [0.05, 0.1) is 6.10 Å². The lowest BCUT2D eigenvalue weighted by molar-refractivity contribution is 0.174. The van der Waals surface area contributed by atoms with Crippen molar-refractivity contribution in [1.82, 2.24) is 10.5 Å². The van der Waals surface area contributed by atoms with Crippen LogP contribution in [-0.2, 0) is 0 Å². The summed E-state index contributed by atoms with van der Waals surface area (Å²) in [6.45, 7) is 1.50. The van der Waals surface area contributed by atoms with Gasteiger partial charge in [-0.05, 0) is 24.6 Å². The van der Waals surface area contributed by atoms with Gasteiger partial charge in [-0.3, -0.25) is 5.32 Å². The average molecular weight is 297 g/mol. The highest BCUT2D eigenvalue weighted by molar-refractivity contribution is 5.88. The van der Waals surface area contributed by atoms with Gasteiger partial charge in [0.15, 0.2) is 17.5 Å². The van der Waals surface area contributed by atoms with Crippen molar-refractivity contribution in [2.75, 3.05) is 11.9 Å². The van der Waals surface area contributed by atoms with E-state index in [1.165, 1.54) is 12.1 Å². The minimum absolute atomic E-state index is 0.159. The average Bonchev–Trinajstić information content (AvgIpc) is 2.84. The summed E-state index contributed by atoms with van der Waals surface area (Å²) in [6.07, 6.45) is -1.16. The lowest BCUT2D eigenvalue weighted by Gasteiger charge is -2.12. The van der Waals surface area contributed by atoms with Gasteiger partial charge in [0.1, 0.15) is 5.76 Å². The second kappa shape index (κ2) is 6.31. The Kier molecular flexibility index (Phi) is 4.49. The van der Waals surface area contributed by atoms with E-state index in [0.29, 0.717) is 5.76 Å². The molecule has 0 fully saturated rings. The number of amides is 2. The van der Waals surface area contributed by atoms with E-state index in [9.17, 15) is 18.7 Å². The molecule has 3 N–H and O–H groups in total. The Morgan fingerprint density at radius 1 is 1.38 bits per heavy atom. The van der Waals surface area contributed by atoms with Crippen molar-refractivity contribution in [3.8, 4) is 0 Å². The number of hydrogen-bond acceptors (Lipinski definition) is 4. The number of carbonyl (C=O) groups excluding carboxylic acids is 1. The van der Waals surface area contributed by atoms with Crippen molar-refractivity contribution in [1.29, 1.82) is 0 Å². The van der Waals surface area contributed by atoms with Crippen LogP contribution in [0.25, 0.3) is 0 Å². The van der Waals surface area contributed by atoms with Crippen molar-refractivity contribution in [3.63, 3.8) is 0 Å². The predicted octanol–water partition coefficient (Wildman–Crippen LogP) is 2.12. The number of halogens is 2. The van der Waals surface area contributed by atoms with Crippen LogP contribution in [0, 0.1) is 18.6 Å². The molecule has 0 saturated heterocycles. The molecule has 1 heterocycles. The third-order valence-corrected chi connectivity index (χ3v) is 2.65. The van der Waals surface area contributed by atoms with Gasteiger partial charge in [-0.15, -0.1) is 0 Å². The quantitative estimate of drug-likeness (QED) is 0.806. The molecule has 0 bridgehead atoms. The molecule has 1 aromatic heterocycles. The summed E-state index contributed by atoms with van der Waals surface area (Å²) < 4.78 is 30.6. The minimum atomic E-state index is -1.16. The first kappa shape index (κ1) is 14.9. The first-order valence-electron chi connectivity index (χ1n) is 6.07. The maximum Gasteiger partial charge on any atom is 0.320 e. The molecule has 0 aliphatic heterocycles. The second-order valence-electron chi connectivity index (χ2n) is 4.35. The number of aliphatic hydroxyl groups excluding tert-OH is 1. The lowest BCUT2D eigenvalue weighted by Crippen LogP contribution is -2.32. The van der Waals surface area contributed by atoms with Gasteiger partial charge in [-0.25, -0.2) is 13.6 Å². The van der Waals surface area contributed by atoms with E-state index < -0.39 is 23.8 Å². The molecule has 0 spiro atoms. The monoisotopic (exact) mass is 297 g/mol. The third kappa shape index (κ3) is 3.99. The van der Waals surface area contributed by atoms with E-state index >= 15 is 0 Å². The van der Waals surface area contributed by atoms with Crippen LogP contribution in [0.4, 0.5) is 19.4 Å². The number of anilines is 1. The van der Waals surface area contributed by atoms with Crippen LogP contribution in [0.3, 0.4) is 0 Å². The number of aliphatic hydroxyl groups is 1. The number of nitrogens with zero attached hydrogens (tertiary/aromatic N) is 1. The molecule has 0 radical (unpaired) electrons. The fourth-order valence-corrected chi connectivity index (χ4v) is 1.61. The molecule has 2 aromatic rings. The molecule has 6 nitrogen and oxygen atoms in total. The SMILES string of the molecule is Cc1cc(NC(=O)NCC(O)c2ccc(F)c(F)c2)no1. The van der Waals surface area contributed by atoms with Crippen molar-refractivity contribution < 1.29 is 23.2 Å². The molecule has 0 saturated carbocycles. The van der Waals surface area contributed by atoms with Crippen LogP contribution in [0.5, 0.6) is 0 Å². The summed E-state index contributed by atoms with van der Waals surface area (Å²) in [5, 5.41) is 18.1. The van der Waals surface area contributed by atoms with Gasteiger partial charge in [0.25, 0.3) is 0 Å². The first-order valence-corrected chi connectivity index (χ1v) is 6.07. The smallest absolute Gasteiger partial charge is 0.320 e. The van der Waals surface area contributed by atoms with E-state index in [0.717, 1.165) is 12.1 Å². The number of carbonyl (C=O) groups is 1. The fourth-order valence-electron chi connectivity index (χ4n) is 1.61. The van der Waals surface area contributed by atoms with Crippen molar-refractivity contribution in [3.05, 3.63) is 47.2 Å². The highest BCUT2D eigenvalue weighted by atomic mass is 19.2. The zero-order chi connectivity index (χ0) is 15.4. The maximum absolute atomic E-state index is 13.0. The van der Waals surface area contributed by atoms with Crippen molar-refractivity contribution in [2.45, 2.75) is 13.0 Å². The standard InChI is InChI=1S/C13H13F2N3O3/c1-7-4-12(18-21-7)17-13(20)16-6-11(19)8-2-3-9(14)10(15)5-8/h2-5,11,19H,6H2,1H3,(H2,16,17,18,20). The zero-order valence-corrected chi connectivity index (χ0v) is 11.1. The van der Waals surface area contributed by atoms with E-state index in [4.69, 9.17) is 4.52 Å². The number of aryl methyl sites for hydroxylation is 1. The zero-order valence-electron chi connectivity index (χ0n) is 11.1. The molecule has 112 valence electrons. The number of nitrogens with one attached hydrogen (secondary N) is 2. The molecule has 2 rings (SSSR count). The largest absolute Gasteiger partial charge is 0.387 e. The van der Waals surface area contributed by atoms with Gasteiger partial charge in [0, 0.05) is 12.6 Å². The summed E-state index contributed by atoms with van der Waals surface area (Å²) in [5.74, 6) is -1.30. The summed E-state index contributed by atoms with van der Waals surface area (Å²) >= 11 is 0. The number of benzene rings is 1. The Bertz CT molecular complexity index is 645. The van der Waals surface area contributed by atoms with Crippen LogP contribution in [-0.4, -0.2) is 22.8 Å². The summed E-state index contributed by atoms with van der Waals surface area (Å²) in [6, 6.07) is 3.94. The Morgan fingerprint density at radius 3 is 2.76 bits per heavy atom. The van der Waals surface area contributed by atoms with E-state index in [2.05, 4.69) is 15.8 Å². The molecule has 1 aromatic carbocycles. The molecular formula is C13H13F2N3O3. The number of rotatable bonds is 4. The highest BCUT2D eigenvalue weighted by Gasteiger charge is 2.13. The van der Waals surface area contributed by atoms with Crippen LogP contribution >= 0.6 is 0 Å². The van der Waals surface area contributed by atoms with E-state index in [-0.39, 0.29) is 17.9 Å². The Labute approximate surface area is 118 Å². The van der Waals surface area contributed by atoms with Crippen molar-refractivity contribution in [2.24, 2.45) is 0 Å². The Hall–Kier alpha value is -2.48. The number of urea groups is 1. The topological polar surface area (TPSA) is 87.4 Å². The molecule has 2 amide bonds. The van der Waals surface area contributed by atoms with Crippen LogP contribution in [0.1, 0.15) is 17.4 Å². The third-order valence-electron chi connectivity index (χ3n) is 2.65. The van der Waals surface area contributed by atoms with Gasteiger partial charge >= 0.3 is 6.03 Å². The van der Waals surface area contributed by atoms with Crippen LogP contribution in [0.2, 0.25) is 0 Å². The molecule has 0 aliphatic rings. The fraction of sp³-hybridized carbons (Fsp3) is 0.231. The summed E-state index contributed by atoms with van der Waals surface area (Å²) in [7, 11) is 0. The maximum atomic E-state index is 13.0. The van der Waals surface area contributed by atoms with Gasteiger partial charge in [-0.2, -0.15) is 0 Å². The second-order valence-corrected chi connectivity index (χ2v) is 4.35. The van der Waals surface area contributed by atoms with Crippen LogP contribution < -0.4 is 10.6 Å². The first-order chi connectivity index (χ1) is 9.95. The van der Waals surface area contributed by atoms with E-state index in [1.807, 2.05) is 0 Å². The molecule has 8 heteroatoms. The van der Waals surface area contributed by atoms with Crippen molar-refractivity contribution >= 4 is 11.8 Å². The molecule has 1 atom stereocenters. The Morgan fingerprint density at radius 2 is 2.14 bits per heavy atom. The summed E-state index contributed by atoms with van der Waals surface area (Å²) in [4.78, 5) is 11.5. The Balaban J connectivity index is 1.86. The van der Waals surface area contributed by atoms with Gasteiger partial charge < -0.3 is 14.9 Å². The highest BCUT2D eigenvalue weighted by Crippen LogP contribution is 2.15. The lowest BCUT2D eigenvalue weighted by atomic mass is 10.1. The van der Waals surface area contributed by atoms with Gasteiger partial charge in [-0.1, -0.05) is 11.2 Å². The number of aromatic nitrogens is 1. The predicted molar refractivity (Wildman–Crippen MR) is 69.6 cm³/mol. The van der Waals surface area contributed by atoms with Crippen LogP contribution in [0.15, 0.2) is 28.8 Å². The van der Waals surface area contributed by atoms with E-state index in [1.54, 1.807) is 6.92 Å². The normalized spacial score (nSPS) is 12.0.